The predicted molar refractivity (Wildman–Crippen MR) is 124 cm³/mol. The van der Waals surface area contributed by atoms with Gasteiger partial charge in [-0.2, -0.15) is 0 Å². The molecule has 1 aliphatic heterocycles. The van der Waals surface area contributed by atoms with E-state index in [1.165, 1.54) is 0 Å². The Morgan fingerprint density at radius 1 is 1.20 bits per heavy atom. The molecule has 0 unspecified atom stereocenters. The molecule has 0 fully saturated rings. The Bertz CT molecular complexity index is 1320. The number of hydrogen-bond acceptors (Lipinski definition) is 3. The fourth-order valence-corrected chi connectivity index (χ4v) is 4.11. The first-order valence-corrected chi connectivity index (χ1v) is 10.4. The van der Waals surface area contributed by atoms with Crippen LogP contribution in [0.15, 0.2) is 71.5 Å². The van der Waals surface area contributed by atoms with E-state index in [9.17, 15) is 4.79 Å². The van der Waals surface area contributed by atoms with Gasteiger partial charge < -0.3 is 20.5 Å². The van der Waals surface area contributed by atoms with Gasteiger partial charge in [0, 0.05) is 57.9 Å². The summed E-state index contributed by atoms with van der Waals surface area (Å²) in [4.78, 5) is 21.6. The predicted octanol–water partition coefficient (Wildman–Crippen LogP) is 5.53. The van der Waals surface area contributed by atoms with Crippen LogP contribution in [0, 0.1) is 0 Å². The van der Waals surface area contributed by atoms with Gasteiger partial charge in [0.15, 0.2) is 0 Å². The number of aromatic nitrogens is 2. The fraction of sp³-hybridized carbons (Fsp3) is 0.130. The summed E-state index contributed by atoms with van der Waals surface area (Å²) < 4.78 is 18.7. The monoisotopic (exact) mass is 463 g/mol. The van der Waals surface area contributed by atoms with Crippen molar-refractivity contribution in [3.8, 4) is 0 Å². The average Bonchev–Trinajstić information content (AvgIpc) is 3.39. The number of pyridine rings is 1. The zero-order valence-electron chi connectivity index (χ0n) is 17.9. The number of hydrogen-bond donors (Lipinski definition) is 3. The van der Waals surface area contributed by atoms with E-state index in [1.807, 2.05) is 48.5 Å². The molecule has 0 saturated heterocycles. The van der Waals surface area contributed by atoms with Gasteiger partial charge in [0.05, 0.1) is 2.74 Å². The van der Waals surface area contributed by atoms with Crippen LogP contribution < -0.4 is 15.5 Å². The first kappa shape index (κ1) is 16.5. The summed E-state index contributed by atoms with van der Waals surface area (Å²) in [5.74, 6) is 0. The molecular weight excluding hydrogens is 442 g/mol. The van der Waals surface area contributed by atoms with Crippen molar-refractivity contribution in [2.24, 2.45) is 0 Å². The maximum atomic E-state index is 12.6. The molecule has 2 amide bonds. The fourth-order valence-electron chi connectivity index (χ4n) is 3.71. The van der Waals surface area contributed by atoms with Crippen LogP contribution in [0.3, 0.4) is 0 Å². The molecule has 5 rings (SSSR count). The zero-order chi connectivity index (χ0) is 22.3. The number of benzene rings is 2. The molecule has 0 atom stereocenters. The van der Waals surface area contributed by atoms with Gasteiger partial charge in [-0.25, -0.2) is 9.78 Å². The largest absolute Gasteiger partial charge is 0.367 e. The summed E-state index contributed by atoms with van der Waals surface area (Å²) in [6.45, 7) is -1.25. The molecule has 30 heavy (non-hydrogen) atoms. The Hall–Kier alpha value is -3.32. The number of carbonyl (C=O) groups is 1. The summed E-state index contributed by atoms with van der Waals surface area (Å²) in [6.07, 6.45) is 3.99. The molecule has 4 aromatic rings. The number of aromatic amines is 1. The number of anilines is 3. The van der Waals surface area contributed by atoms with E-state index in [1.54, 1.807) is 23.4 Å². The number of nitrogens with one attached hydrogen (secondary N) is 3. The highest BCUT2D eigenvalue weighted by Crippen LogP contribution is 2.35. The van der Waals surface area contributed by atoms with Gasteiger partial charge in [-0.1, -0.05) is 28.1 Å². The topological polar surface area (TPSA) is 73.0 Å². The quantitative estimate of drug-likeness (QED) is 0.372. The molecular formula is C23H20BrN5O. The maximum absolute atomic E-state index is 12.6. The van der Waals surface area contributed by atoms with Gasteiger partial charge in [-0.15, -0.1) is 0 Å². The Kier molecular flexibility index (Phi) is 4.30. The van der Waals surface area contributed by atoms with Crippen molar-refractivity contribution in [2.45, 2.75) is 12.9 Å². The van der Waals surface area contributed by atoms with Crippen molar-refractivity contribution in [2.75, 3.05) is 22.1 Å². The number of halogens is 1. The van der Waals surface area contributed by atoms with Crippen LogP contribution in [-0.2, 0) is 12.9 Å². The smallest absolute Gasteiger partial charge is 0.323 e. The van der Waals surface area contributed by atoms with Crippen molar-refractivity contribution in [3.63, 3.8) is 0 Å². The number of fused-ring (bicyclic) bond motifs is 2. The SMILES string of the molecule is [2H]C([2H])(c1c[nH]c2ncccc12)N1CCc2c(NC(=O)Nc3cccc(Br)c3)cccc21. The molecule has 3 N–H and O–H groups in total. The normalized spacial score (nSPS) is 14.2. The second kappa shape index (κ2) is 7.84. The van der Waals surface area contributed by atoms with Gasteiger partial charge in [-0.05, 0) is 54.4 Å². The molecule has 0 spiro atoms. The Morgan fingerprint density at radius 3 is 3.00 bits per heavy atom. The van der Waals surface area contributed by atoms with Crippen LogP contribution >= 0.6 is 15.9 Å². The van der Waals surface area contributed by atoms with Crippen molar-refractivity contribution in [3.05, 3.63) is 82.6 Å². The van der Waals surface area contributed by atoms with Crippen molar-refractivity contribution < 1.29 is 7.54 Å². The third-order valence-electron chi connectivity index (χ3n) is 5.06. The number of H-pyrrole nitrogens is 1. The van der Waals surface area contributed by atoms with E-state index in [4.69, 9.17) is 2.74 Å². The molecule has 1 aliphatic rings. The molecule has 6 nitrogen and oxygen atoms in total. The first-order valence-electron chi connectivity index (χ1n) is 10.6. The second-order valence-corrected chi connectivity index (χ2v) is 7.92. The van der Waals surface area contributed by atoms with E-state index in [-0.39, 0.29) is 6.03 Å². The summed E-state index contributed by atoms with van der Waals surface area (Å²) >= 11 is 3.40. The molecule has 0 radical (unpaired) electrons. The Balaban J connectivity index is 1.41. The van der Waals surface area contributed by atoms with Gasteiger partial charge in [0.1, 0.15) is 5.65 Å². The van der Waals surface area contributed by atoms with Crippen molar-refractivity contribution >= 4 is 50.1 Å². The molecule has 150 valence electrons. The molecule has 0 saturated carbocycles. The van der Waals surface area contributed by atoms with E-state index in [0.717, 1.165) is 21.1 Å². The molecule has 0 aliphatic carbocycles. The lowest BCUT2D eigenvalue weighted by Gasteiger charge is -2.19. The summed E-state index contributed by atoms with van der Waals surface area (Å²) in [7, 11) is 0. The minimum absolute atomic E-state index is 0.347. The summed E-state index contributed by atoms with van der Waals surface area (Å²) in [5.41, 5.74) is 4.24. The number of nitrogens with zero attached hydrogens (tertiary/aromatic N) is 2. The summed E-state index contributed by atoms with van der Waals surface area (Å²) in [6, 6.07) is 16.3. The molecule has 7 heteroatoms. The highest BCUT2D eigenvalue weighted by atomic mass is 79.9. The van der Waals surface area contributed by atoms with Crippen molar-refractivity contribution in [1.82, 2.24) is 9.97 Å². The molecule has 2 aromatic heterocycles. The zero-order valence-corrected chi connectivity index (χ0v) is 17.5. The lowest BCUT2D eigenvalue weighted by Crippen LogP contribution is -2.20. The molecule has 2 aromatic carbocycles. The van der Waals surface area contributed by atoms with E-state index < -0.39 is 6.50 Å². The molecule has 0 bridgehead atoms. The highest BCUT2D eigenvalue weighted by Gasteiger charge is 2.23. The average molecular weight is 464 g/mol. The van der Waals surface area contributed by atoms with Gasteiger partial charge >= 0.3 is 6.03 Å². The van der Waals surface area contributed by atoms with Crippen LogP contribution in [0.4, 0.5) is 21.9 Å². The van der Waals surface area contributed by atoms with Crippen LogP contribution in [-0.4, -0.2) is 22.5 Å². The van der Waals surface area contributed by atoms with Crippen LogP contribution in [0.5, 0.6) is 0 Å². The Morgan fingerprint density at radius 2 is 2.10 bits per heavy atom. The van der Waals surface area contributed by atoms with Gasteiger partial charge in [-0.3, -0.25) is 0 Å². The van der Waals surface area contributed by atoms with Crippen LogP contribution in [0.1, 0.15) is 13.9 Å². The third-order valence-corrected chi connectivity index (χ3v) is 5.56. The number of amides is 2. The van der Waals surface area contributed by atoms with Crippen molar-refractivity contribution in [1.29, 1.82) is 0 Å². The van der Waals surface area contributed by atoms with E-state index >= 15 is 0 Å². The summed E-state index contributed by atoms with van der Waals surface area (Å²) in [5, 5.41) is 6.50. The highest BCUT2D eigenvalue weighted by molar-refractivity contribution is 9.10. The molecule has 3 heterocycles. The minimum Gasteiger partial charge on any atom is -0.367 e. The lowest BCUT2D eigenvalue weighted by atomic mass is 10.1. The van der Waals surface area contributed by atoms with Gasteiger partial charge in [0.2, 0.25) is 0 Å². The number of rotatable bonds is 4. The number of urea groups is 1. The third kappa shape index (κ3) is 3.64. The van der Waals surface area contributed by atoms with Gasteiger partial charge in [0.25, 0.3) is 0 Å². The van der Waals surface area contributed by atoms with Crippen LogP contribution in [0.25, 0.3) is 11.0 Å². The first-order chi connectivity index (χ1) is 15.4. The van der Waals surface area contributed by atoms with E-state index in [0.29, 0.717) is 35.6 Å². The number of carbonyl (C=O) groups excluding carboxylic acids is 1. The lowest BCUT2D eigenvalue weighted by molar-refractivity contribution is 0.262. The van der Waals surface area contributed by atoms with Crippen LogP contribution in [0.2, 0.25) is 0 Å². The second-order valence-electron chi connectivity index (χ2n) is 7.01. The van der Waals surface area contributed by atoms with E-state index in [2.05, 4.69) is 36.5 Å². The maximum Gasteiger partial charge on any atom is 0.323 e. The minimum atomic E-state index is -1.75. The standard InChI is InChI=1S/C23H20BrN5O/c24-16-4-1-5-17(12-16)27-23(30)28-20-7-2-8-21-19(20)9-11-29(21)14-15-13-26-22-18(15)6-3-10-25-22/h1-8,10,12-13H,9,11,14H2,(H,25,26)(H2,27,28,30)/i14D2. The Labute approximate surface area is 185 Å².